The van der Waals surface area contributed by atoms with Crippen LogP contribution in [0.15, 0.2) is 34.1 Å². The summed E-state index contributed by atoms with van der Waals surface area (Å²) in [4.78, 5) is 5.20. The van der Waals surface area contributed by atoms with Crippen molar-refractivity contribution in [3.63, 3.8) is 0 Å². The first kappa shape index (κ1) is 15.1. The smallest absolute Gasteiger partial charge is 0.290 e. The Morgan fingerprint density at radius 1 is 1.11 bits per heavy atom. The third kappa shape index (κ3) is 3.27. The minimum atomic E-state index is -4.12. The summed E-state index contributed by atoms with van der Waals surface area (Å²) < 4.78 is 51.6. The van der Waals surface area contributed by atoms with Crippen molar-refractivity contribution in [2.75, 3.05) is 13.7 Å². The predicted molar refractivity (Wildman–Crippen MR) is 62.6 cm³/mol. The zero-order valence-corrected chi connectivity index (χ0v) is 11.4. The molecule has 0 radical (unpaired) electrons. The monoisotopic (exact) mass is 295 g/mol. The maximum atomic E-state index is 11.7. The van der Waals surface area contributed by atoms with E-state index in [1.165, 1.54) is 19.1 Å². The van der Waals surface area contributed by atoms with Gasteiger partial charge in [-0.1, -0.05) is 17.0 Å². The molecule has 18 heavy (non-hydrogen) atoms. The molecule has 7 nitrogen and oxygen atoms in total. The molecule has 9 heteroatoms. The zero-order chi connectivity index (χ0) is 13.8. The van der Waals surface area contributed by atoms with E-state index in [1.807, 2.05) is 0 Å². The summed E-state index contributed by atoms with van der Waals surface area (Å²) in [5.74, 6) is 0. The summed E-state index contributed by atoms with van der Waals surface area (Å²) in [6, 6.07) is 5.09. The van der Waals surface area contributed by atoms with Gasteiger partial charge in [-0.2, -0.15) is 8.42 Å². The lowest BCUT2D eigenvalue weighted by molar-refractivity contribution is 0.153. The van der Waals surface area contributed by atoms with Crippen LogP contribution >= 0.6 is 0 Å². The Labute approximate surface area is 106 Å². The van der Waals surface area contributed by atoms with Crippen molar-refractivity contribution < 1.29 is 25.9 Å². The molecule has 102 valence electrons. The Hall–Kier alpha value is -1.00. The third-order valence-electron chi connectivity index (χ3n) is 1.87. The number of benzene rings is 1. The molecule has 1 aromatic rings. The fourth-order valence-electron chi connectivity index (χ4n) is 1.25. The molecule has 0 spiro atoms. The number of nitrogens with one attached hydrogen (secondary N) is 1. The Balaban J connectivity index is 3.41. The van der Waals surface area contributed by atoms with Gasteiger partial charge in [0.25, 0.3) is 20.1 Å². The number of rotatable bonds is 6. The third-order valence-corrected chi connectivity index (χ3v) is 4.77. The molecule has 0 aliphatic rings. The summed E-state index contributed by atoms with van der Waals surface area (Å²) in [5.41, 5.74) is 0. The van der Waals surface area contributed by atoms with Crippen molar-refractivity contribution in [1.29, 1.82) is 0 Å². The lowest BCUT2D eigenvalue weighted by Crippen LogP contribution is -2.24. The van der Waals surface area contributed by atoms with Gasteiger partial charge in [-0.3, -0.25) is 9.02 Å². The van der Waals surface area contributed by atoms with Crippen LogP contribution in [-0.2, 0) is 29.2 Å². The first-order valence-electron chi connectivity index (χ1n) is 4.88. The average molecular weight is 295 g/mol. The lowest BCUT2D eigenvalue weighted by atomic mass is 10.4. The van der Waals surface area contributed by atoms with E-state index in [-0.39, 0.29) is 6.61 Å². The highest BCUT2D eigenvalue weighted by Gasteiger charge is 2.26. The quantitative estimate of drug-likeness (QED) is 0.596. The van der Waals surface area contributed by atoms with E-state index >= 15 is 0 Å². The Bertz CT molecular complexity index is 553. The summed E-state index contributed by atoms with van der Waals surface area (Å²) in [6.07, 6.45) is 0. The number of sulfonamides is 1. The van der Waals surface area contributed by atoms with E-state index < -0.39 is 29.9 Å². The van der Waals surface area contributed by atoms with Gasteiger partial charge in [0.15, 0.2) is 0 Å². The topological polar surface area (TPSA) is 98.8 Å². The van der Waals surface area contributed by atoms with Crippen molar-refractivity contribution >= 4 is 20.1 Å². The van der Waals surface area contributed by atoms with E-state index in [2.05, 4.69) is 9.02 Å². The van der Waals surface area contributed by atoms with Gasteiger partial charge >= 0.3 is 0 Å². The van der Waals surface area contributed by atoms with Crippen LogP contribution in [0.2, 0.25) is 0 Å². The van der Waals surface area contributed by atoms with Crippen LogP contribution in [0.4, 0.5) is 0 Å². The van der Waals surface area contributed by atoms with Crippen LogP contribution in [0.1, 0.15) is 6.92 Å². The molecule has 0 aliphatic carbocycles. The van der Waals surface area contributed by atoms with Gasteiger partial charge in [0.2, 0.25) is 0 Å². The van der Waals surface area contributed by atoms with E-state index in [1.54, 1.807) is 4.89 Å². The largest absolute Gasteiger partial charge is 0.298 e. The van der Waals surface area contributed by atoms with Crippen molar-refractivity contribution in [2.45, 2.75) is 16.7 Å². The van der Waals surface area contributed by atoms with Gasteiger partial charge < -0.3 is 0 Å². The molecule has 0 aromatic heterocycles. The van der Waals surface area contributed by atoms with E-state index in [9.17, 15) is 16.8 Å². The van der Waals surface area contributed by atoms with Crippen molar-refractivity contribution in [3.05, 3.63) is 24.3 Å². The highest BCUT2D eigenvalue weighted by Crippen LogP contribution is 2.22. The Kier molecular flexibility index (Phi) is 4.82. The van der Waals surface area contributed by atoms with Crippen LogP contribution in [0.3, 0.4) is 0 Å². The van der Waals surface area contributed by atoms with Gasteiger partial charge in [-0.05, 0) is 19.1 Å². The van der Waals surface area contributed by atoms with Crippen molar-refractivity contribution in [3.8, 4) is 0 Å². The second kappa shape index (κ2) is 5.76. The molecule has 0 heterocycles. The summed E-state index contributed by atoms with van der Waals surface area (Å²) >= 11 is 0. The van der Waals surface area contributed by atoms with E-state index in [0.29, 0.717) is 0 Å². The average Bonchev–Trinajstić information content (AvgIpc) is 2.29. The van der Waals surface area contributed by atoms with Crippen molar-refractivity contribution in [1.82, 2.24) is 4.89 Å². The van der Waals surface area contributed by atoms with Gasteiger partial charge in [0.1, 0.15) is 9.79 Å². The second-order valence-electron chi connectivity index (χ2n) is 3.10. The fourth-order valence-corrected chi connectivity index (χ4v) is 3.78. The summed E-state index contributed by atoms with van der Waals surface area (Å²) in [7, 11) is -7.08. The van der Waals surface area contributed by atoms with Crippen molar-refractivity contribution in [2.24, 2.45) is 0 Å². The second-order valence-corrected chi connectivity index (χ2v) is 6.30. The maximum Gasteiger partial charge on any atom is 0.298 e. The Morgan fingerprint density at radius 2 is 1.67 bits per heavy atom. The van der Waals surface area contributed by atoms with E-state index in [0.717, 1.165) is 19.2 Å². The normalized spacial score (nSPS) is 12.6. The van der Waals surface area contributed by atoms with Gasteiger partial charge in [0.05, 0.1) is 13.7 Å². The highest BCUT2D eigenvalue weighted by atomic mass is 32.2. The fraction of sp³-hybridized carbons (Fsp3) is 0.333. The first-order chi connectivity index (χ1) is 8.35. The molecule has 0 amide bonds. The maximum absolute atomic E-state index is 11.7. The first-order valence-corrected chi connectivity index (χ1v) is 7.77. The molecular formula is C9H13NO6S2. The molecule has 1 aromatic carbocycles. The molecular weight excluding hydrogens is 282 g/mol. The minimum Gasteiger partial charge on any atom is -0.290 e. The molecule has 0 bridgehead atoms. The van der Waals surface area contributed by atoms with Gasteiger partial charge in [-0.15, -0.1) is 0 Å². The Morgan fingerprint density at radius 3 is 2.17 bits per heavy atom. The molecule has 0 aliphatic heterocycles. The zero-order valence-electron chi connectivity index (χ0n) is 9.78. The molecule has 0 saturated heterocycles. The highest BCUT2D eigenvalue weighted by molar-refractivity contribution is 7.91. The number of hydrogen-bond donors (Lipinski definition) is 1. The van der Waals surface area contributed by atoms with Gasteiger partial charge in [0, 0.05) is 0 Å². The lowest BCUT2D eigenvalue weighted by Gasteiger charge is -2.10. The number of hydrogen-bond acceptors (Lipinski definition) is 6. The molecule has 1 rings (SSSR count). The molecule has 0 fully saturated rings. The molecule has 0 unspecified atom stereocenters. The minimum absolute atomic E-state index is 0.0889. The van der Waals surface area contributed by atoms with Crippen LogP contribution in [-0.4, -0.2) is 30.6 Å². The van der Waals surface area contributed by atoms with Crippen LogP contribution < -0.4 is 4.89 Å². The predicted octanol–water partition coefficient (Wildman–Crippen LogP) is 0.252. The SMILES string of the molecule is CCOS(=O)(=O)c1ccccc1S(=O)(=O)NOC. The standard InChI is InChI=1S/C9H13NO6S2/c1-3-16-18(13,14)9-7-5-4-6-8(9)17(11,12)10-15-2/h4-7,10H,3H2,1-2H3. The molecule has 1 N–H and O–H groups in total. The molecule has 0 atom stereocenters. The van der Waals surface area contributed by atoms with E-state index in [4.69, 9.17) is 0 Å². The summed E-state index contributed by atoms with van der Waals surface area (Å²) in [5, 5.41) is 0. The summed E-state index contributed by atoms with van der Waals surface area (Å²) in [6.45, 7) is 1.40. The van der Waals surface area contributed by atoms with Crippen LogP contribution in [0.5, 0.6) is 0 Å². The van der Waals surface area contributed by atoms with Crippen LogP contribution in [0, 0.1) is 0 Å². The van der Waals surface area contributed by atoms with Gasteiger partial charge in [-0.25, -0.2) is 8.42 Å². The van der Waals surface area contributed by atoms with Crippen LogP contribution in [0.25, 0.3) is 0 Å². The molecule has 0 saturated carbocycles.